The van der Waals surface area contributed by atoms with Gasteiger partial charge in [-0.05, 0) is 30.8 Å². The van der Waals surface area contributed by atoms with Gasteiger partial charge in [-0.1, -0.05) is 53.5 Å². The largest absolute Gasteiger partial charge is 0.388 e. The summed E-state index contributed by atoms with van der Waals surface area (Å²) in [5.41, 5.74) is 7.50. The molecule has 1 aromatic heterocycles. The van der Waals surface area contributed by atoms with Crippen LogP contribution in [0.1, 0.15) is 11.6 Å². The molecule has 4 N–H and O–H groups in total. The fourth-order valence-corrected chi connectivity index (χ4v) is 4.59. The number of carbonyl (C=O) groups excluding carboxylic acids is 1. The molecular weight excluding hydrogens is 513 g/mol. The summed E-state index contributed by atoms with van der Waals surface area (Å²) in [6.45, 7) is 2.78. The van der Waals surface area contributed by atoms with Crippen molar-refractivity contribution in [1.82, 2.24) is 19.4 Å². The van der Waals surface area contributed by atoms with E-state index in [9.17, 15) is 9.59 Å². The van der Waals surface area contributed by atoms with E-state index in [0.29, 0.717) is 41.5 Å². The number of halogens is 2. The maximum absolute atomic E-state index is 13.7. The topological polar surface area (TPSA) is 114 Å². The Bertz CT molecular complexity index is 1330. The summed E-state index contributed by atoms with van der Waals surface area (Å²) >= 11 is 12.0. The van der Waals surface area contributed by atoms with Gasteiger partial charge in [0.1, 0.15) is 11.2 Å². The number of likely N-dealkylation sites (N-methyl/N-ethyl adjacent to an activating group) is 1. The van der Waals surface area contributed by atoms with Gasteiger partial charge in [0, 0.05) is 49.3 Å². The Balaban J connectivity index is 1.72. The van der Waals surface area contributed by atoms with Gasteiger partial charge in [0.15, 0.2) is 0 Å². The van der Waals surface area contributed by atoms with Crippen LogP contribution in [0.5, 0.6) is 0 Å². The second kappa shape index (κ2) is 11.8. The zero-order valence-electron chi connectivity index (χ0n) is 20.4. The third-order valence-corrected chi connectivity index (χ3v) is 6.65. The molecule has 1 aliphatic rings. The Morgan fingerprint density at radius 1 is 1.14 bits per heavy atom. The molecule has 0 bridgehead atoms. The van der Waals surface area contributed by atoms with Gasteiger partial charge in [-0.2, -0.15) is 0 Å². The molecule has 11 heteroatoms. The molecule has 0 saturated carbocycles. The number of hydrogen-bond donors (Lipinski definition) is 2. The minimum Gasteiger partial charge on any atom is -0.388 e. The fourth-order valence-electron chi connectivity index (χ4n) is 4.31. The van der Waals surface area contributed by atoms with Gasteiger partial charge in [-0.25, -0.2) is 10.8 Å². The summed E-state index contributed by atoms with van der Waals surface area (Å²) in [6, 6.07) is 15.3. The molecule has 1 fully saturated rings. The third-order valence-electron chi connectivity index (χ3n) is 6.32. The zero-order chi connectivity index (χ0) is 26.5. The molecule has 1 amide bonds. The van der Waals surface area contributed by atoms with Gasteiger partial charge < -0.3 is 15.5 Å². The summed E-state index contributed by atoms with van der Waals surface area (Å²) in [5.74, 6) is 6.00. The van der Waals surface area contributed by atoms with E-state index in [1.165, 1.54) is 28.2 Å². The number of carbonyl (C=O) groups is 1. The quantitative estimate of drug-likeness (QED) is 0.268. The SMILES string of the molecule is CN1CCN(C(=O)C(Cc2ccccc2)n2cnc(-c3cc(Cl)ccc3N(N)/C=C(\N)Cl)cc2=O)CC1. The average Bonchev–Trinajstić information content (AvgIpc) is 2.87. The molecule has 0 aliphatic carbocycles. The van der Waals surface area contributed by atoms with E-state index >= 15 is 0 Å². The highest BCUT2D eigenvalue weighted by atomic mass is 35.5. The number of piperazine rings is 1. The van der Waals surface area contributed by atoms with Crippen LogP contribution in [0.3, 0.4) is 0 Å². The number of rotatable bonds is 7. The first kappa shape index (κ1) is 26.7. The van der Waals surface area contributed by atoms with E-state index in [0.717, 1.165) is 18.7 Å². The lowest BCUT2D eigenvalue weighted by Gasteiger charge is -2.35. The summed E-state index contributed by atoms with van der Waals surface area (Å²) < 4.78 is 1.40. The molecule has 1 saturated heterocycles. The van der Waals surface area contributed by atoms with Crippen LogP contribution in [-0.2, 0) is 11.2 Å². The lowest BCUT2D eigenvalue weighted by atomic mass is 10.0. The van der Waals surface area contributed by atoms with E-state index in [4.69, 9.17) is 34.8 Å². The molecule has 0 radical (unpaired) electrons. The maximum Gasteiger partial charge on any atom is 0.254 e. The van der Waals surface area contributed by atoms with Crippen molar-refractivity contribution in [2.24, 2.45) is 11.6 Å². The van der Waals surface area contributed by atoms with Crippen molar-refractivity contribution in [1.29, 1.82) is 0 Å². The molecule has 2 heterocycles. The molecule has 1 atom stereocenters. The van der Waals surface area contributed by atoms with Crippen molar-refractivity contribution in [3.8, 4) is 11.3 Å². The van der Waals surface area contributed by atoms with Crippen LogP contribution in [-0.4, -0.2) is 58.5 Å². The Labute approximate surface area is 225 Å². The molecule has 4 rings (SSSR count). The van der Waals surface area contributed by atoms with Gasteiger partial charge >= 0.3 is 0 Å². The summed E-state index contributed by atoms with van der Waals surface area (Å²) in [4.78, 5) is 35.6. The minimum atomic E-state index is -0.733. The number of benzene rings is 2. The number of hydrazine groups is 1. The van der Waals surface area contributed by atoms with Crippen LogP contribution in [0.4, 0.5) is 5.69 Å². The highest BCUT2D eigenvalue weighted by molar-refractivity contribution is 6.31. The number of nitrogens with zero attached hydrogens (tertiary/aromatic N) is 5. The normalized spacial score (nSPS) is 15.5. The predicted octanol–water partition coefficient (Wildman–Crippen LogP) is 2.80. The molecule has 9 nitrogen and oxygen atoms in total. The minimum absolute atomic E-state index is 0.0158. The van der Waals surface area contributed by atoms with Crippen molar-refractivity contribution in [2.75, 3.05) is 38.2 Å². The Morgan fingerprint density at radius 3 is 2.49 bits per heavy atom. The zero-order valence-corrected chi connectivity index (χ0v) is 21.9. The Kier molecular flexibility index (Phi) is 8.50. The van der Waals surface area contributed by atoms with E-state index in [1.807, 2.05) is 42.3 Å². The van der Waals surface area contributed by atoms with Gasteiger partial charge in [0.05, 0.1) is 23.9 Å². The van der Waals surface area contributed by atoms with Gasteiger partial charge in [0.2, 0.25) is 5.91 Å². The maximum atomic E-state index is 13.7. The standard InChI is InChI=1S/C26H29Cl2N7O2/c1-32-9-11-33(12-10-32)26(37)23(13-18-5-3-2-4-6-18)34-17-31-21(15-25(34)36)20-14-19(27)7-8-22(20)35(30)16-24(28)29/h2-8,14-17,23H,9-13,29-30H2,1H3/b24-16-. The second-order valence-corrected chi connectivity index (χ2v) is 9.81. The van der Waals surface area contributed by atoms with Crippen LogP contribution < -0.4 is 22.1 Å². The summed E-state index contributed by atoms with van der Waals surface area (Å²) in [6.07, 6.45) is 3.11. The highest BCUT2D eigenvalue weighted by Gasteiger charge is 2.29. The van der Waals surface area contributed by atoms with E-state index < -0.39 is 6.04 Å². The highest BCUT2D eigenvalue weighted by Crippen LogP contribution is 2.31. The van der Waals surface area contributed by atoms with E-state index in [2.05, 4.69) is 9.88 Å². The number of anilines is 1. The number of hydrogen-bond acceptors (Lipinski definition) is 7. The monoisotopic (exact) mass is 541 g/mol. The first-order chi connectivity index (χ1) is 17.7. The van der Waals surface area contributed by atoms with Crippen molar-refractivity contribution in [3.05, 3.63) is 93.2 Å². The third kappa shape index (κ3) is 6.50. The molecule has 3 aromatic rings. The Morgan fingerprint density at radius 2 is 1.84 bits per heavy atom. The van der Waals surface area contributed by atoms with Crippen molar-refractivity contribution in [2.45, 2.75) is 12.5 Å². The van der Waals surface area contributed by atoms with Crippen molar-refractivity contribution >= 4 is 34.8 Å². The van der Waals surface area contributed by atoms with Crippen molar-refractivity contribution < 1.29 is 4.79 Å². The molecule has 1 aliphatic heterocycles. The molecule has 194 valence electrons. The van der Waals surface area contributed by atoms with Gasteiger partial charge in [0.25, 0.3) is 5.56 Å². The summed E-state index contributed by atoms with van der Waals surface area (Å²) in [5, 5.41) is 1.65. The average molecular weight is 542 g/mol. The van der Waals surface area contributed by atoms with Gasteiger partial charge in [-0.15, -0.1) is 0 Å². The summed E-state index contributed by atoms with van der Waals surface area (Å²) in [7, 11) is 2.03. The van der Waals surface area contributed by atoms with Crippen LogP contribution in [0.15, 0.2) is 77.1 Å². The number of aromatic nitrogens is 2. The second-order valence-electron chi connectivity index (χ2n) is 8.94. The molecule has 37 heavy (non-hydrogen) atoms. The molecule has 2 aromatic carbocycles. The van der Waals surface area contributed by atoms with Crippen LogP contribution in [0.2, 0.25) is 5.02 Å². The van der Waals surface area contributed by atoms with Gasteiger partial charge in [-0.3, -0.25) is 19.2 Å². The fraction of sp³-hybridized carbons (Fsp3) is 0.269. The van der Waals surface area contributed by atoms with E-state index in [1.54, 1.807) is 18.2 Å². The van der Waals surface area contributed by atoms with Crippen LogP contribution >= 0.6 is 23.2 Å². The molecule has 1 unspecified atom stereocenters. The number of nitrogens with two attached hydrogens (primary N) is 2. The Hall–Kier alpha value is -3.37. The predicted molar refractivity (Wildman–Crippen MR) is 147 cm³/mol. The van der Waals surface area contributed by atoms with Crippen LogP contribution in [0.25, 0.3) is 11.3 Å². The first-order valence-electron chi connectivity index (χ1n) is 11.8. The molecular formula is C26H29Cl2N7O2. The lowest BCUT2D eigenvalue weighted by molar-refractivity contribution is -0.136. The first-order valence-corrected chi connectivity index (χ1v) is 12.5. The van der Waals surface area contributed by atoms with E-state index in [-0.39, 0.29) is 16.6 Å². The van der Waals surface area contributed by atoms with Crippen molar-refractivity contribution in [3.63, 3.8) is 0 Å². The lowest BCUT2D eigenvalue weighted by Crippen LogP contribution is -2.50. The molecule has 0 spiro atoms. The number of amides is 1. The van der Waals surface area contributed by atoms with Crippen LogP contribution in [0, 0.1) is 0 Å². The smallest absolute Gasteiger partial charge is 0.254 e.